The zero-order valence-corrected chi connectivity index (χ0v) is 21.0. The van der Waals surface area contributed by atoms with Crippen LogP contribution in [0.2, 0.25) is 0 Å². The molecule has 190 valence electrons. The number of imidazole rings is 1. The van der Waals surface area contributed by atoms with Gasteiger partial charge in [0.25, 0.3) is 0 Å². The number of Topliss-reactive ketones (excluding diaryl/α,β-unsaturated/α-hetero) is 1. The monoisotopic (exact) mass is 496 g/mol. The van der Waals surface area contributed by atoms with Crippen molar-refractivity contribution in [1.29, 1.82) is 0 Å². The molecule has 0 radical (unpaired) electrons. The number of H-pyrrole nitrogens is 2. The molecule has 0 amide bonds. The average molecular weight is 497 g/mol. The molecule has 6 rings (SSSR count). The Hall–Kier alpha value is -3.75. The van der Waals surface area contributed by atoms with Gasteiger partial charge in [0.1, 0.15) is 6.04 Å². The summed E-state index contributed by atoms with van der Waals surface area (Å²) in [5, 5.41) is 6.94. The normalized spacial score (nSPS) is 24.6. The number of aromatic amines is 2. The highest BCUT2D eigenvalue weighted by Gasteiger charge is 2.34. The molecule has 4 N–H and O–H groups in total. The Morgan fingerprint density at radius 3 is 2.73 bits per heavy atom. The van der Waals surface area contributed by atoms with Crippen molar-refractivity contribution < 1.29 is 4.79 Å². The molecule has 0 bridgehead atoms. The summed E-state index contributed by atoms with van der Waals surface area (Å²) in [4.78, 5) is 37.7. The highest BCUT2D eigenvalue weighted by Crippen LogP contribution is 2.38. The van der Waals surface area contributed by atoms with Crippen LogP contribution in [0.15, 0.2) is 75.5 Å². The van der Waals surface area contributed by atoms with E-state index < -0.39 is 0 Å². The van der Waals surface area contributed by atoms with Crippen LogP contribution in [0, 0.1) is 0 Å². The first-order valence-corrected chi connectivity index (χ1v) is 13.0. The molecule has 1 saturated heterocycles. The largest absolute Gasteiger partial charge is 0.336 e. The first-order valence-electron chi connectivity index (χ1n) is 13.0. The molecule has 3 heterocycles. The summed E-state index contributed by atoms with van der Waals surface area (Å²) in [5.74, 6) is 0.459. The van der Waals surface area contributed by atoms with Crippen LogP contribution < -0.4 is 16.3 Å². The van der Waals surface area contributed by atoms with Gasteiger partial charge in [-0.2, -0.15) is 0 Å². The van der Waals surface area contributed by atoms with E-state index >= 15 is 0 Å². The van der Waals surface area contributed by atoms with Crippen LogP contribution in [0.5, 0.6) is 0 Å². The number of benzene rings is 2. The van der Waals surface area contributed by atoms with Gasteiger partial charge in [-0.1, -0.05) is 42.5 Å². The molecule has 1 aliphatic carbocycles. The van der Waals surface area contributed by atoms with Crippen molar-refractivity contribution >= 4 is 28.7 Å². The molecule has 1 fully saturated rings. The maximum atomic E-state index is 13.6. The molecular formula is C29H32N6O2. The number of carbonyl (C=O) groups is 1. The molecule has 0 spiro atoms. The van der Waals surface area contributed by atoms with E-state index in [1.165, 1.54) is 5.56 Å². The van der Waals surface area contributed by atoms with Crippen LogP contribution in [0.4, 0.5) is 0 Å². The number of nitrogens with zero attached hydrogens (tertiary/aromatic N) is 2. The fraction of sp³-hybridized carbons (Fsp3) is 0.345. The highest BCUT2D eigenvalue weighted by molar-refractivity contribution is 6.08. The predicted octanol–water partition coefficient (Wildman–Crippen LogP) is 3.28. The summed E-state index contributed by atoms with van der Waals surface area (Å²) in [7, 11) is 0. The quantitative estimate of drug-likeness (QED) is 0.434. The number of aromatic nitrogens is 2. The fourth-order valence-corrected chi connectivity index (χ4v) is 6.02. The van der Waals surface area contributed by atoms with Gasteiger partial charge >= 0.3 is 5.69 Å². The average Bonchev–Trinajstić information content (AvgIpc) is 3.33. The number of hydrogen-bond donors (Lipinski definition) is 4. The van der Waals surface area contributed by atoms with E-state index in [0.29, 0.717) is 19.3 Å². The van der Waals surface area contributed by atoms with Crippen molar-refractivity contribution in [3.63, 3.8) is 0 Å². The molecule has 3 aromatic rings. The number of nitrogens with one attached hydrogen (secondary N) is 4. The molecule has 2 aliphatic heterocycles. The lowest BCUT2D eigenvalue weighted by Crippen LogP contribution is -2.48. The van der Waals surface area contributed by atoms with Crippen molar-refractivity contribution in [3.8, 4) is 0 Å². The Balaban J connectivity index is 1.31. The topological polar surface area (TPSA) is 105 Å². The molecule has 1 aromatic heterocycles. The van der Waals surface area contributed by atoms with Gasteiger partial charge in [0.05, 0.1) is 30.7 Å². The third-order valence-corrected chi connectivity index (χ3v) is 7.88. The van der Waals surface area contributed by atoms with E-state index in [2.05, 4.69) is 49.9 Å². The Morgan fingerprint density at radius 1 is 1.05 bits per heavy atom. The fourth-order valence-electron chi connectivity index (χ4n) is 6.02. The zero-order valence-electron chi connectivity index (χ0n) is 21.0. The molecule has 8 nitrogen and oxygen atoms in total. The summed E-state index contributed by atoms with van der Waals surface area (Å²) in [5.41, 5.74) is 6.96. The Morgan fingerprint density at radius 2 is 1.92 bits per heavy atom. The lowest BCUT2D eigenvalue weighted by atomic mass is 9.78. The third-order valence-electron chi connectivity index (χ3n) is 7.88. The second-order valence-corrected chi connectivity index (χ2v) is 10.2. The third kappa shape index (κ3) is 4.58. The molecule has 2 aromatic carbocycles. The number of aliphatic imine (C=N–C) groups is 1. The minimum atomic E-state index is -0.370. The second kappa shape index (κ2) is 9.95. The number of piperidine rings is 1. The van der Waals surface area contributed by atoms with Gasteiger partial charge in [0.2, 0.25) is 0 Å². The number of ketones is 1. The van der Waals surface area contributed by atoms with E-state index in [1.54, 1.807) is 6.34 Å². The molecule has 3 aliphatic rings. The van der Waals surface area contributed by atoms with Crippen LogP contribution >= 0.6 is 0 Å². The number of allylic oxidation sites excluding steroid dienone is 1. The number of para-hydroxylation sites is 1. The van der Waals surface area contributed by atoms with Gasteiger partial charge in [0, 0.05) is 6.04 Å². The zero-order chi connectivity index (χ0) is 25.4. The molecule has 37 heavy (non-hydrogen) atoms. The van der Waals surface area contributed by atoms with E-state index in [-0.39, 0.29) is 23.6 Å². The van der Waals surface area contributed by atoms with Crippen LogP contribution in [0.25, 0.3) is 16.6 Å². The molecule has 8 heteroatoms. The summed E-state index contributed by atoms with van der Waals surface area (Å²) < 4.78 is 0. The van der Waals surface area contributed by atoms with Crippen molar-refractivity contribution in [2.75, 3.05) is 19.9 Å². The van der Waals surface area contributed by atoms with E-state index in [1.807, 2.05) is 42.2 Å². The first kappa shape index (κ1) is 23.6. The second-order valence-electron chi connectivity index (χ2n) is 10.2. The number of carbonyl (C=O) groups excluding carboxylic acids is 1. The molecule has 0 saturated carbocycles. The lowest BCUT2D eigenvalue weighted by molar-refractivity contribution is -0.118. The van der Waals surface area contributed by atoms with Gasteiger partial charge < -0.3 is 20.2 Å². The summed E-state index contributed by atoms with van der Waals surface area (Å²) >= 11 is 0. The van der Waals surface area contributed by atoms with Gasteiger partial charge in [-0.05, 0) is 78.6 Å². The number of rotatable bonds is 5. The Labute approximate surface area is 215 Å². The van der Waals surface area contributed by atoms with Gasteiger partial charge in [0.15, 0.2) is 5.78 Å². The number of fused-ring (bicyclic) bond motifs is 1. The molecule has 3 unspecified atom stereocenters. The van der Waals surface area contributed by atoms with Crippen LogP contribution in [-0.2, 0) is 4.79 Å². The van der Waals surface area contributed by atoms with E-state index in [9.17, 15) is 9.59 Å². The highest BCUT2D eigenvalue weighted by atomic mass is 16.1. The van der Waals surface area contributed by atoms with Crippen LogP contribution in [0.1, 0.15) is 43.2 Å². The minimum absolute atomic E-state index is 0.131. The van der Waals surface area contributed by atoms with Crippen molar-refractivity contribution in [2.24, 2.45) is 4.99 Å². The van der Waals surface area contributed by atoms with Crippen molar-refractivity contribution in [1.82, 2.24) is 25.5 Å². The molecule has 3 atom stereocenters. The van der Waals surface area contributed by atoms with E-state index in [0.717, 1.165) is 59.1 Å². The SMILES string of the molecule is CC1=C(CC2CC(c3cccc4[nH]c(=O)[nH]c34)CCN2)C(c2ccccc2)=CC(N2C=NCNC2)C1=O. The lowest BCUT2D eigenvalue weighted by Gasteiger charge is -2.36. The van der Waals surface area contributed by atoms with Crippen molar-refractivity contribution in [3.05, 3.63) is 87.4 Å². The minimum Gasteiger partial charge on any atom is -0.336 e. The first-order chi connectivity index (χ1) is 18.1. The smallest absolute Gasteiger partial charge is 0.323 e. The van der Waals surface area contributed by atoms with Gasteiger partial charge in [-0.15, -0.1) is 0 Å². The van der Waals surface area contributed by atoms with Crippen molar-refractivity contribution in [2.45, 2.75) is 44.2 Å². The van der Waals surface area contributed by atoms with Gasteiger partial charge in [-0.25, -0.2) is 4.79 Å². The Kier molecular flexibility index (Phi) is 6.36. The Bertz CT molecular complexity index is 1460. The van der Waals surface area contributed by atoms with Crippen LogP contribution in [0.3, 0.4) is 0 Å². The van der Waals surface area contributed by atoms with E-state index in [4.69, 9.17) is 0 Å². The standard InChI is InChI=1S/C29H32N6O2/c1-18-23(13-21-12-20(10-11-32-21)22-8-5-9-25-27(22)34-29(37)33-25)24(19-6-3-2-4-7-19)14-26(28(18)36)35-16-30-15-31-17-35/h2-9,14,16,20-21,26,31-32H,10-13,15,17H2,1H3,(H2,33,34,37). The molecular weight excluding hydrogens is 464 g/mol. The maximum Gasteiger partial charge on any atom is 0.323 e. The predicted molar refractivity (Wildman–Crippen MR) is 146 cm³/mol. The summed E-state index contributed by atoms with van der Waals surface area (Å²) in [6.45, 7) is 4.04. The maximum absolute atomic E-state index is 13.6. The number of hydrogen-bond acceptors (Lipinski definition) is 6. The summed E-state index contributed by atoms with van der Waals surface area (Å²) in [6.07, 6.45) is 6.61. The summed E-state index contributed by atoms with van der Waals surface area (Å²) in [6, 6.07) is 16.3. The van der Waals surface area contributed by atoms with Crippen LogP contribution in [-0.4, -0.2) is 59.0 Å². The van der Waals surface area contributed by atoms with Gasteiger partial charge in [-0.3, -0.25) is 15.1 Å².